The number of halogens is 4. The molecule has 1 aliphatic heterocycles. The number of ether oxygens (including phenoxy) is 1. The summed E-state index contributed by atoms with van der Waals surface area (Å²) in [5.41, 5.74) is 4.71. The number of nitrogens with one attached hydrogen (secondary N) is 1. The number of carbonyl (C=O) groups excluding carboxylic acids is 1. The summed E-state index contributed by atoms with van der Waals surface area (Å²) in [6.45, 7) is 2.24. The van der Waals surface area contributed by atoms with Gasteiger partial charge in [-0.15, -0.1) is 0 Å². The first kappa shape index (κ1) is 27.0. The fourth-order valence-corrected chi connectivity index (χ4v) is 5.38. The molecule has 2 aromatic heterocycles. The van der Waals surface area contributed by atoms with Gasteiger partial charge in [0, 0.05) is 38.3 Å². The van der Waals surface area contributed by atoms with E-state index < -0.39 is 40.3 Å². The maximum absolute atomic E-state index is 15.3. The summed E-state index contributed by atoms with van der Waals surface area (Å²) in [7, 11) is 0. The van der Waals surface area contributed by atoms with Gasteiger partial charge in [0.15, 0.2) is 0 Å². The van der Waals surface area contributed by atoms with E-state index in [1.54, 1.807) is 12.3 Å². The lowest BCUT2D eigenvalue weighted by Crippen LogP contribution is -2.29. The van der Waals surface area contributed by atoms with Crippen LogP contribution in [0.5, 0.6) is 0 Å². The van der Waals surface area contributed by atoms with E-state index in [1.165, 1.54) is 6.20 Å². The molecule has 0 unspecified atom stereocenters. The number of benzene rings is 1. The van der Waals surface area contributed by atoms with Gasteiger partial charge in [-0.2, -0.15) is 0 Å². The number of allylic oxidation sites excluding steroid dienone is 1. The van der Waals surface area contributed by atoms with Gasteiger partial charge in [-0.25, -0.2) is 22.5 Å². The number of alkyl halides is 1. The van der Waals surface area contributed by atoms with Crippen molar-refractivity contribution in [1.82, 2.24) is 9.97 Å². The van der Waals surface area contributed by atoms with Gasteiger partial charge < -0.3 is 15.8 Å². The van der Waals surface area contributed by atoms with Crippen molar-refractivity contribution in [1.29, 1.82) is 0 Å². The Morgan fingerprint density at radius 1 is 1.10 bits per heavy atom. The van der Waals surface area contributed by atoms with Gasteiger partial charge in [0.05, 0.1) is 17.4 Å². The van der Waals surface area contributed by atoms with E-state index in [2.05, 4.69) is 15.3 Å². The number of anilines is 1. The van der Waals surface area contributed by atoms with Gasteiger partial charge in [-0.1, -0.05) is 11.6 Å². The molecule has 39 heavy (non-hydrogen) atoms. The molecule has 0 saturated carbocycles. The second-order valence-corrected chi connectivity index (χ2v) is 10.2. The van der Waals surface area contributed by atoms with Crippen LogP contribution in [0.2, 0.25) is 0 Å². The molecule has 2 atom stereocenters. The third kappa shape index (κ3) is 5.58. The normalized spacial score (nSPS) is 20.8. The Kier molecular flexibility index (Phi) is 7.51. The lowest BCUT2D eigenvalue weighted by molar-refractivity contribution is -0.0117. The second kappa shape index (κ2) is 10.9. The molecule has 1 aromatic carbocycles. The van der Waals surface area contributed by atoms with Crippen molar-refractivity contribution in [3.05, 3.63) is 88.6 Å². The van der Waals surface area contributed by atoms with Crippen LogP contribution in [0.1, 0.15) is 60.1 Å². The fourth-order valence-electron chi connectivity index (χ4n) is 5.38. The van der Waals surface area contributed by atoms with Gasteiger partial charge in [0.2, 0.25) is 0 Å². The van der Waals surface area contributed by atoms with Crippen molar-refractivity contribution in [3.8, 4) is 11.3 Å². The minimum Gasteiger partial charge on any atom is -0.381 e. The van der Waals surface area contributed by atoms with E-state index in [9.17, 15) is 9.18 Å². The monoisotopic (exact) mass is 540 g/mol. The third-order valence-electron chi connectivity index (χ3n) is 7.33. The van der Waals surface area contributed by atoms with Crippen LogP contribution in [-0.4, -0.2) is 35.1 Å². The zero-order valence-corrected chi connectivity index (χ0v) is 21.3. The maximum Gasteiger partial charge on any atom is 0.274 e. The van der Waals surface area contributed by atoms with Gasteiger partial charge in [-0.3, -0.25) is 9.78 Å². The van der Waals surface area contributed by atoms with Crippen LogP contribution >= 0.6 is 0 Å². The van der Waals surface area contributed by atoms with Crippen LogP contribution in [0, 0.1) is 17.5 Å². The second-order valence-electron chi connectivity index (χ2n) is 10.2. The van der Waals surface area contributed by atoms with E-state index in [-0.39, 0.29) is 49.3 Å². The van der Waals surface area contributed by atoms with E-state index in [0.717, 1.165) is 41.8 Å². The zero-order chi connectivity index (χ0) is 27.7. The van der Waals surface area contributed by atoms with Gasteiger partial charge >= 0.3 is 0 Å². The molecule has 1 saturated heterocycles. The summed E-state index contributed by atoms with van der Waals surface area (Å²) < 4.78 is 65.5. The van der Waals surface area contributed by atoms with E-state index in [1.807, 2.05) is 13.0 Å². The van der Waals surface area contributed by atoms with Crippen molar-refractivity contribution < 1.29 is 27.1 Å². The first-order valence-corrected chi connectivity index (χ1v) is 12.8. The highest BCUT2D eigenvalue weighted by Crippen LogP contribution is 2.39. The molecule has 1 aliphatic carbocycles. The first-order valence-electron chi connectivity index (χ1n) is 12.8. The van der Waals surface area contributed by atoms with Crippen molar-refractivity contribution in [2.45, 2.75) is 50.2 Å². The molecule has 0 bridgehead atoms. The number of hydrogen-bond donors (Lipinski definition) is 2. The zero-order valence-electron chi connectivity index (χ0n) is 21.3. The van der Waals surface area contributed by atoms with Gasteiger partial charge in [-0.05, 0) is 67.1 Å². The van der Waals surface area contributed by atoms with E-state index in [4.69, 9.17) is 10.5 Å². The molecule has 5 rings (SSSR count). The summed E-state index contributed by atoms with van der Waals surface area (Å²) >= 11 is 0. The fraction of sp³-hybridized carbons (Fsp3) is 0.345. The quantitative estimate of drug-likeness (QED) is 0.309. The molecule has 0 radical (unpaired) electrons. The molecule has 2 aliphatic rings. The molecule has 1 amide bonds. The minimum absolute atomic E-state index is 0.0491. The Bertz CT molecular complexity index is 1420. The summed E-state index contributed by atoms with van der Waals surface area (Å²) in [5, 5.41) is 2.74. The predicted octanol–water partition coefficient (Wildman–Crippen LogP) is 5.94. The Balaban J connectivity index is 1.44. The average molecular weight is 541 g/mol. The molecule has 3 aromatic rings. The number of amides is 1. The number of hydrogen-bond acceptors (Lipinski definition) is 5. The largest absolute Gasteiger partial charge is 0.381 e. The van der Waals surface area contributed by atoms with Gasteiger partial charge in [0.1, 0.15) is 34.5 Å². The summed E-state index contributed by atoms with van der Waals surface area (Å²) in [4.78, 5) is 21.2. The lowest BCUT2D eigenvalue weighted by Gasteiger charge is -2.30. The third-order valence-corrected chi connectivity index (χ3v) is 7.33. The highest BCUT2D eigenvalue weighted by Gasteiger charge is 2.36. The SMILES string of the molecule is CC1=C[C@H](N)C[C@H](c2ccncc2NC(=O)c2ccc(F)c(-c3c(F)cc(C4(F)CCOCC4)cc3F)n2)C1. The van der Waals surface area contributed by atoms with Crippen molar-refractivity contribution >= 4 is 11.6 Å². The minimum atomic E-state index is -1.95. The van der Waals surface area contributed by atoms with Crippen LogP contribution in [0.3, 0.4) is 0 Å². The number of rotatable bonds is 5. The Morgan fingerprint density at radius 3 is 2.51 bits per heavy atom. The number of nitrogens with two attached hydrogens (primary N) is 1. The average Bonchev–Trinajstić information content (AvgIpc) is 2.89. The Hall–Kier alpha value is -3.63. The summed E-state index contributed by atoms with van der Waals surface area (Å²) in [6.07, 6.45) is 6.49. The van der Waals surface area contributed by atoms with E-state index >= 15 is 13.2 Å². The highest BCUT2D eigenvalue weighted by molar-refractivity contribution is 6.03. The first-order chi connectivity index (χ1) is 18.6. The molecule has 0 spiro atoms. The molecule has 6 nitrogen and oxygen atoms in total. The Morgan fingerprint density at radius 2 is 1.82 bits per heavy atom. The standard InChI is InChI=1S/C29H28F4N4O2/c1-16-10-17(12-19(34)11-16)20-4-7-35-15-25(20)37-28(38)24-3-2-21(30)27(36-24)26-22(31)13-18(14-23(26)32)29(33)5-8-39-9-6-29/h2-4,7,11,13-15,17,19H,5-6,8-10,12,34H2,1H3,(H,37,38)/t17-,19+/m1/s1. The lowest BCUT2D eigenvalue weighted by atomic mass is 9.82. The molecule has 1 fully saturated rings. The highest BCUT2D eigenvalue weighted by atomic mass is 19.1. The maximum atomic E-state index is 15.3. The van der Waals surface area contributed by atoms with Crippen molar-refractivity contribution in [2.24, 2.45) is 5.73 Å². The number of carbonyl (C=O) groups is 1. The predicted molar refractivity (Wildman–Crippen MR) is 138 cm³/mol. The number of nitrogens with zero attached hydrogens (tertiary/aromatic N) is 2. The van der Waals surface area contributed by atoms with Crippen LogP contribution in [0.25, 0.3) is 11.3 Å². The van der Waals surface area contributed by atoms with Crippen LogP contribution in [0.15, 0.2) is 54.4 Å². The van der Waals surface area contributed by atoms with Gasteiger partial charge in [0.25, 0.3) is 5.91 Å². The smallest absolute Gasteiger partial charge is 0.274 e. The van der Waals surface area contributed by atoms with Crippen LogP contribution in [0.4, 0.5) is 23.2 Å². The summed E-state index contributed by atoms with van der Waals surface area (Å²) in [6, 6.07) is 5.43. The molecule has 3 heterocycles. The molecular weight excluding hydrogens is 512 g/mol. The van der Waals surface area contributed by atoms with E-state index in [0.29, 0.717) is 12.1 Å². The molecule has 3 N–H and O–H groups in total. The Labute approximate surface area is 223 Å². The number of aromatic nitrogens is 2. The van der Waals surface area contributed by atoms with Crippen molar-refractivity contribution in [2.75, 3.05) is 18.5 Å². The molecular formula is C29H28F4N4O2. The summed E-state index contributed by atoms with van der Waals surface area (Å²) in [5.74, 6) is -4.04. The van der Waals surface area contributed by atoms with Crippen LogP contribution in [-0.2, 0) is 10.4 Å². The number of pyridine rings is 2. The van der Waals surface area contributed by atoms with Crippen LogP contribution < -0.4 is 11.1 Å². The molecule has 10 heteroatoms. The molecule has 204 valence electrons. The topological polar surface area (TPSA) is 90.1 Å². The van der Waals surface area contributed by atoms with Crippen molar-refractivity contribution in [3.63, 3.8) is 0 Å².